The first-order valence-electron chi connectivity index (χ1n) is 8.93. The fraction of sp³-hybridized carbons (Fsp3) is 0.429. The molecule has 2 aromatic rings. The highest BCUT2D eigenvalue weighted by molar-refractivity contribution is 5.26. The summed E-state index contributed by atoms with van der Waals surface area (Å²) in [6, 6.07) is 16.2. The molecule has 3 rings (SSSR count). The Balaban J connectivity index is 1.53. The lowest BCUT2D eigenvalue weighted by molar-refractivity contribution is -0.137. The molecular formula is C21H24F3N. The van der Waals surface area contributed by atoms with Crippen LogP contribution in [0.25, 0.3) is 0 Å². The van der Waals surface area contributed by atoms with Crippen molar-refractivity contribution in [1.29, 1.82) is 0 Å². The van der Waals surface area contributed by atoms with Gasteiger partial charge < -0.3 is 4.90 Å². The fourth-order valence-corrected chi connectivity index (χ4v) is 3.66. The normalized spacial score (nSPS) is 19.1. The van der Waals surface area contributed by atoms with E-state index in [1.54, 1.807) is 6.07 Å². The molecule has 0 N–H and O–H groups in total. The summed E-state index contributed by atoms with van der Waals surface area (Å²) in [6.45, 7) is 2.91. The second-order valence-corrected chi connectivity index (χ2v) is 6.95. The molecule has 1 unspecified atom stereocenters. The molecule has 0 saturated carbocycles. The van der Waals surface area contributed by atoms with Gasteiger partial charge in [0, 0.05) is 13.1 Å². The van der Waals surface area contributed by atoms with E-state index < -0.39 is 11.7 Å². The molecule has 0 amide bonds. The van der Waals surface area contributed by atoms with Crippen LogP contribution in [0, 0.1) is 5.92 Å². The van der Waals surface area contributed by atoms with E-state index >= 15 is 0 Å². The molecule has 25 heavy (non-hydrogen) atoms. The van der Waals surface area contributed by atoms with Crippen molar-refractivity contribution in [3.8, 4) is 0 Å². The van der Waals surface area contributed by atoms with Gasteiger partial charge in [-0.3, -0.25) is 0 Å². The van der Waals surface area contributed by atoms with Gasteiger partial charge in [-0.2, -0.15) is 13.2 Å². The third-order valence-corrected chi connectivity index (χ3v) is 4.94. The summed E-state index contributed by atoms with van der Waals surface area (Å²) in [7, 11) is 0. The maximum absolute atomic E-state index is 12.8. The van der Waals surface area contributed by atoms with Crippen LogP contribution in [0.15, 0.2) is 54.6 Å². The number of benzene rings is 2. The predicted octanol–water partition coefficient (Wildman–Crippen LogP) is 5.20. The van der Waals surface area contributed by atoms with Crippen molar-refractivity contribution >= 4 is 0 Å². The minimum Gasteiger partial charge on any atom is -0.303 e. The van der Waals surface area contributed by atoms with Crippen LogP contribution in [-0.4, -0.2) is 24.5 Å². The standard InChI is InChI=1S/C21H24F3N/c22-21(23,24)20-10-4-8-18(15-20)11-13-25-12-5-9-19(16-25)14-17-6-2-1-3-7-17/h1-4,6-8,10,15,19H,5,9,11-14,16H2. The van der Waals surface area contributed by atoms with Gasteiger partial charge in [-0.1, -0.05) is 48.5 Å². The molecular weight excluding hydrogens is 323 g/mol. The molecule has 1 saturated heterocycles. The second kappa shape index (κ2) is 8.05. The van der Waals surface area contributed by atoms with Crippen LogP contribution in [0.3, 0.4) is 0 Å². The summed E-state index contributed by atoms with van der Waals surface area (Å²) in [5, 5.41) is 0. The average Bonchev–Trinajstić information content (AvgIpc) is 2.61. The van der Waals surface area contributed by atoms with Gasteiger partial charge in [-0.05, 0) is 55.3 Å². The second-order valence-electron chi connectivity index (χ2n) is 6.95. The molecule has 1 atom stereocenters. The van der Waals surface area contributed by atoms with Crippen molar-refractivity contribution < 1.29 is 13.2 Å². The Hall–Kier alpha value is -1.81. The molecule has 0 spiro atoms. The Kier molecular flexibility index (Phi) is 5.79. The van der Waals surface area contributed by atoms with Gasteiger partial charge in [0.15, 0.2) is 0 Å². The lowest BCUT2D eigenvalue weighted by Gasteiger charge is -2.33. The van der Waals surface area contributed by atoms with Gasteiger partial charge in [-0.25, -0.2) is 0 Å². The number of likely N-dealkylation sites (tertiary alicyclic amines) is 1. The summed E-state index contributed by atoms with van der Waals surface area (Å²) >= 11 is 0. The van der Waals surface area contributed by atoms with Crippen LogP contribution in [0.5, 0.6) is 0 Å². The molecule has 1 nitrogen and oxygen atoms in total. The average molecular weight is 347 g/mol. The van der Waals surface area contributed by atoms with E-state index in [4.69, 9.17) is 0 Å². The van der Waals surface area contributed by atoms with Gasteiger partial charge in [0.1, 0.15) is 0 Å². The minimum atomic E-state index is -4.26. The number of halogens is 3. The molecule has 0 aliphatic carbocycles. The van der Waals surface area contributed by atoms with E-state index in [0.29, 0.717) is 12.3 Å². The van der Waals surface area contributed by atoms with Gasteiger partial charge in [0.2, 0.25) is 0 Å². The lowest BCUT2D eigenvalue weighted by atomic mass is 9.91. The SMILES string of the molecule is FC(F)(F)c1cccc(CCN2CCCC(Cc3ccccc3)C2)c1. The zero-order valence-electron chi connectivity index (χ0n) is 14.3. The molecule has 4 heteroatoms. The summed E-state index contributed by atoms with van der Waals surface area (Å²) in [4.78, 5) is 2.40. The first-order valence-corrected chi connectivity index (χ1v) is 8.93. The van der Waals surface area contributed by atoms with Gasteiger partial charge in [-0.15, -0.1) is 0 Å². The van der Waals surface area contributed by atoms with E-state index in [0.717, 1.165) is 37.7 Å². The van der Waals surface area contributed by atoms with E-state index in [2.05, 4.69) is 29.2 Å². The van der Waals surface area contributed by atoms with E-state index in [1.807, 2.05) is 6.07 Å². The third kappa shape index (κ3) is 5.33. The van der Waals surface area contributed by atoms with Crippen molar-refractivity contribution in [2.45, 2.75) is 31.9 Å². The molecule has 1 aliphatic rings. The van der Waals surface area contributed by atoms with E-state index in [1.165, 1.54) is 30.5 Å². The highest BCUT2D eigenvalue weighted by atomic mass is 19.4. The summed E-state index contributed by atoms with van der Waals surface area (Å²) in [6.07, 6.45) is -0.111. The van der Waals surface area contributed by atoms with Crippen LogP contribution in [0.2, 0.25) is 0 Å². The molecule has 2 aromatic carbocycles. The molecule has 1 aliphatic heterocycles. The van der Waals surface area contributed by atoms with Gasteiger partial charge in [0.05, 0.1) is 5.56 Å². The van der Waals surface area contributed by atoms with E-state index in [9.17, 15) is 13.2 Å². The number of hydrogen-bond donors (Lipinski definition) is 0. The summed E-state index contributed by atoms with van der Waals surface area (Å²) in [5.74, 6) is 0.637. The number of hydrogen-bond acceptors (Lipinski definition) is 1. The minimum absolute atomic E-state index is 0.550. The van der Waals surface area contributed by atoms with Crippen molar-refractivity contribution in [1.82, 2.24) is 4.90 Å². The van der Waals surface area contributed by atoms with Crippen LogP contribution < -0.4 is 0 Å². The Morgan fingerprint density at radius 1 is 0.960 bits per heavy atom. The Bertz CT molecular complexity index is 666. The summed E-state index contributed by atoms with van der Waals surface area (Å²) < 4.78 is 38.4. The maximum Gasteiger partial charge on any atom is 0.416 e. The molecule has 0 aromatic heterocycles. The Morgan fingerprint density at radius 2 is 1.72 bits per heavy atom. The topological polar surface area (TPSA) is 3.24 Å². The quantitative estimate of drug-likeness (QED) is 0.718. The predicted molar refractivity (Wildman–Crippen MR) is 94.5 cm³/mol. The number of piperidine rings is 1. The summed E-state index contributed by atoms with van der Waals surface area (Å²) in [5.41, 5.74) is 1.58. The van der Waals surface area contributed by atoms with Crippen molar-refractivity contribution in [2.75, 3.05) is 19.6 Å². The zero-order valence-corrected chi connectivity index (χ0v) is 14.3. The first kappa shape index (κ1) is 18.0. The van der Waals surface area contributed by atoms with Crippen LogP contribution >= 0.6 is 0 Å². The highest BCUT2D eigenvalue weighted by Crippen LogP contribution is 2.29. The monoisotopic (exact) mass is 347 g/mol. The van der Waals surface area contributed by atoms with Crippen molar-refractivity contribution in [2.24, 2.45) is 5.92 Å². The molecule has 1 heterocycles. The molecule has 134 valence electrons. The fourth-order valence-electron chi connectivity index (χ4n) is 3.66. The van der Waals surface area contributed by atoms with Gasteiger partial charge >= 0.3 is 6.18 Å². The molecule has 0 radical (unpaired) electrons. The number of nitrogens with zero attached hydrogens (tertiary/aromatic N) is 1. The Morgan fingerprint density at radius 3 is 2.48 bits per heavy atom. The number of alkyl halides is 3. The van der Waals surface area contributed by atoms with Crippen molar-refractivity contribution in [3.05, 3.63) is 71.3 Å². The number of rotatable bonds is 5. The first-order chi connectivity index (χ1) is 12.0. The molecule has 0 bridgehead atoms. The zero-order chi connectivity index (χ0) is 17.7. The molecule has 1 fully saturated rings. The highest BCUT2D eigenvalue weighted by Gasteiger charge is 2.30. The van der Waals surface area contributed by atoms with Gasteiger partial charge in [0.25, 0.3) is 0 Å². The lowest BCUT2D eigenvalue weighted by Crippen LogP contribution is -2.37. The Labute approximate surface area is 147 Å². The largest absolute Gasteiger partial charge is 0.416 e. The third-order valence-electron chi connectivity index (χ3n) is 4.94. The van der Waals surface area contributed by atoms with Crippen LogP contribution in [-0.2, 0) is 19.0 Å². The van der Waals surface area contributed by atoms with Crippen LogP contribution in [0.4, 0.5) is 13.2 Å². The van der Waals surface area contributed by atoms with E-state index in [-0.39, 0.29) is 0 Å². The smallest absolute Gasteiger partial charge is 0.303 e. The maximum atomic E-state index is 12.8. The van der Waals surface area contributed by atoms with Crippen molar-refractivity contribution in [3.63, 3.8) is 0 Å². The van der Waals surface area contributed by atoms with Crippen LogP contribution in [0.1, 0.15) is 29.5 Å².